The highest BCUT2D eigenvalue weighted by atomic mass is 32.2. The molecule has 0 saturated carbocycles. The summed E-state index contributed by atoms with van der Waals surface area (Å²) < 4.78 is 2.29. The van der Waals surface area contributed by atoms with E-state index in [0.717, 1.165) is 48.0 Å². The lowest BCUT2D eigenvalue weighted by molar-refractivity contribution is 0.125. The van der Waals surface area contributed by atoms with Crippen LogP contribution in [-0.2, 0) is 6.42 Å². The number of aliphatic hydroxyl groups is 1. The van der Waals surface area contributed by atoms with Crippen LogP contribution in [0, 0.1) is 5.92 Å². The second kappa shape index (κ2) is 9.16. The Bertz CT molecular complexity index is 985. The van der Waals surface area contributed by atoms with Gasteiger partial charge in [-0.2, -0.15) is 0 Å². The minimum Gasteiger partial charge on any atom is -0.396 e. The summed E-state index contributed by atoms with van der Waals surface area (Å²) in [6, 6.07) is 17.3. The standard InChI is InChI=1S/C24H29N3OS/c1-2-3-4-6-21-11-20-10-9-19(13-23(20)26-24(21)25)18-7-5-8-22(12-18)29-27-14-17(15-27)16-28/h5,7-13,17,28H,2-4,6,14-16H2,1H3,(H2,25,26). The van der Waals surface area contributed by atoms with Crippen molar-refractivity contribution < 1.29 is 5.11 Å². The second-order valence-electron chi connectivity index (χ2n) is 7.91. The van der Waals surface area contributed by atoms with E-state index in [9.17, 15) is 5.11 Å². The normalized spacial score (nSPS) is 15.0. The van der Waals surface area contributed by atoms with Gasteiger partial charge in [0.1, 0.15) is 5.82 Å². The van der Waals surface area contributed by atoms with Gasteiger partial charge in [0.25, 0.3) is 0 Å². The van der Waals surface area contributed by atoms with Gasteiger partial charge < -0.3 is 10.8 Å². The first kappa shape index (κ1) is 20.2. The number of benzene rings is 2. The van der Waals surface area contributed by atoms with Crippen LogP contribution < -0.4 is 5.73 Å². The van der Waals surface area contributed by atoms with Gasteiger partial charge in [-0.3, -0.25) is 0 Å². The minimum absolute atomic E-state index is 0.282. The first-order chi connectivity index (χ1) is 14.2. The van der Waals surface area contributed by atoms with Crippen LogP contribution in [0.3, 0.4) is 0 Å². The van der Waals surface area contributed by atoms with Crippen molar-refractivity contribution in [2.45, 2.75) is 37.5 Å². The molecule has 0 atom stereocenters. The number of hydrogen-bond acceptors (Lipinski definition) is 5. The number of nitrogens with two attached hydrogens (primary N) is 1. The molecule has 2 aromatic carbocycles. The molecule has 1 fully saturated rings. The van der Waals surface area contributed by atoms with Crippen molar-refractivity contribution in [3.05, 3.63) is 54.1 Å². The van der Waals surface area contributed by atoms with Crippen LogP contribution in [0.5, 0.6) is 0 Å². The number of unbranched alkanes of at least 4 members (excludes halogenated alkanes) is 2. The molecule has 3 aromatic rings. The fourth-order valence-corrected chi connectivity index (χ4v) is 4.95. The van der Waals surface area contributed by atoms with Crippen molar-refractivity contribution in [3.8, 4) is 11.1 Å². The molecule has 5 heteroatoms. The summed E-state index contributed by atoms with van der Waals surface area (Å²) in [6.07, 6.45) is 4.59. The predicted molar refractivity (Wildman–Crippen MR) is 123 cm³/mol. The molecular formula is C24H29N3OS. The molecule has 2 heterocycles. The van der Waals surface area contributed by atoms with E-state index >= 15 is 0 Å². The number of fused-ring (bicyclic) bond motifs is 1. The van der Waals surface area contributed by atoms with Gasteiger partial charge in [0, 0.05) is 35.9 Å². The molecule has 3 N–H and O–H groups in total. The van der Waals surface area contributed by atoms with Crippen LogP contribution in [0.1, 0.15) is 31.7 Å². The summed E-state index contributed by atoms with van der Waals surface area (Å²) in [5.41, 5.74) is 10.7. The van der Waals surface area contributed by atoms with Crippen molar-refractivity contribution in [1.82, 2.24) is 9.29 Å². The van der Waals surface area contributed by atoms with Gasteiger partial charge in [0.05, 0.1) is 5.52 Å². The third-order valence-electron chi connectivity index (χ3n) is 5.56. The van der Waals surface area contributed by atoms with E-state index in [4.69, 9.17) is 10.7 Å². The molecule has 0 amide bonds. The Morgan fingerprint density at radius 2 is 1.93 bits per heavy atom. The quantitative estimate of drug-likeness (QED) is 0.399. The second-order valence-corrected chi connectivity index (χ2v) is 9.08. The SMILES string of the molecule is CCCCCc1cc2ccc(-c3cccc(SN4CC(CO)C4)c3)cc2nc1N. The molecule has 0 spiro atoms. The van der Waals surface area contributed by atoms with Crippen molar-refractivity contribution in [2.75, 3.05) is 25.4 Å². The Balaban J connectivity index is 1.53. The molecule has 4 rings (SSSR count). The number of rotatable bonds is 8. The molecule has 1 saturated heterocycles. The summed E-state index contributed by atoms with van der Waals surface area (Å²) in [5, 5.41) is 10.3. The highest BCUT2D eigenvalue weighted by Gasteiger charge is 2.26. The van der Waals surface area contributed by atoms with Crippen LogP contribution >= 0.6 is 11.9 Å². The maximum Gasteiger partial charge on any atom is 0.127 e. The molecule has 0 radical (unpaired) electrons. The first-order valence-electron chi connectivity index (χ1n) is 10.5. The highest BCUT2D eigenvalue weighted by Crippen LogP contribution is 2.33. The summed E-state index contributed by atoms with van der Waals surface area (Å²) >= 11 is 1.76. The van der Waals surface area contributed by atoms with Crippen molar-refractivity contribution >= 4 is 28.7 Å². The van der Waals surface area contributed by atoms with Gasteiger partial charge in [-0.1, -0.05) is 44.0 Å². The Kier molecular flexibility index (Phi) is 6.38. The smallest absolute Gasteiger partial charge is 0.127 e. The number of anilines is 1. The van der Waals surface area contributed by atoms with Gasteiger partial charge >= 0.3 is 0 Å². The van der Waals surface area contributed by atoms with Gasteiger partial charge in [0.2, 0.25) is 0 Å². The Labute approximate surface area is 177 Å². The third kappa shape index (κ3) is 4.74. The van der Waals surface area contributed by atoms with Gasteiger partial charge in [0.15, 0.2) is 0 Å². The zero-order valence-corrected chi connectivity index (χ0v) is 17.8. The van der Waals surface area contributed by atoms with Gasteiger partial charge in [-0.05, 0) is 65.7 Å². The van der Waals surface area contributed by atoms with E-state index in [1.807, 2.05) is 0 Å². The van der Waals surface area contributed by atoms with Gasteiger partial charge in [-0.15, -0.1) is 0 Å². The summed E-state index contributed by atoms with van der Waals surface area (Å²) in [4.78, 5) is 5.91. The zero-order valence-electron chi connectivity index (χ0n) is 17.0. The van der Waals surface area contributed by atoms with Gasteiger partial charge in [-0.25, -0.2) is 9.29 Å². The van der Waals surface area contributed by atoms with E-state index in [-0.39, 0.29) is 6.61 Å². The van der Waals surface area contributed by atoms with Crippen LogP contribution in [0.15, 0.2) is 53.4 Å². The third-order valence-corrected chi connectivity index (χ3v) is 6.58. The van der Waals surface area contributed by atoms with Crippen LogP contribution in [-0.4, -0.2) is 34.1 Å². The molecule has 0 aliphatic carbocycles. The van der Waals surface area contributed by atoms with Crippen LogP contribution in [0.25, 0.3) is 22.0 Å². The predicted octanol–water partition coefficient (Wildman–Crippen LogP) is 5.15. The molecule has 0 bridgehead atoms. The van der Waals surface area contributed by atoms with E-state index in [2.05, 4.69) is 59.8 Å². The Hall–Kier alpha value is -2.08. The maximum absolute atomic E-state index is 9.19. The fourth-order valence-electron chi connectivity index (χ4n) is 3.77. The molecule has 152 valence electrons. The lowest BCUT2D eigenvalue weighted by atomic mass is 10.0. The number of aromatic nitrogens is 1. The first-order valence-corrected chi connectivity index (χ1v) is 11.3. The zero-order chi connectivity index (χ0) is 20.2. The molecule has 29 heavy (non-hydrogen) atoms. The summed E-state index contributed by atoms with van der Waals surface area (Å²) in [5.74, 6) is 1.08. The van der Waals surface area contributed by atoms with Crippen molar-refractivity contribution in [3.63, 3.8) is 0 Å². The van der Waals surface area contributed by atoms with Crippen LogP contribution in [0.2, 0.25) is 0 Å². The van der Waals surface area contributed by atoms with Crippen molar-refractivity contribution in [2.24, 2.45) is 5.92 Å². The number of hydrogen-bond donors (Lipinski definition) is 2. The molecule has 1 aliphatic rings. The summed E-state index contributed by atoms with van der Waals surface area (Å²) in [7, 11) is 0. The van der Waals surface area contributed by atoms with E-state index in [0.29, 0.717) is 11.7 Å². The van der Waals surface area contributed by atoms with E-state index < -0.39 is 0 Å². The fraction of sp³-hybridized carbons (Fsp3) is 0.375. The minimum atomic E-state index is 0.282. The van der Waals surface area contributed by atoms with E-state index in [1.165, 1.54) is 23.3 Å². The molecular weight excluding hydrogens is 378 g/mol. The lowest BCUT2D eigenvalue weighted by Gasteiger charge is -2.36. The number of nitrogens with zero attached hydrogens (tertiary/aromatic N) is 2. The number of aryl methyl sites for hydroxylation is 1. The monoisotopic (exact) mass is 407 g/mol. The largest absolute Gasteiger partial charge is 0.396 e. The average molecular weight is 408 g/mol. The maximum atomic E-state index is 9.19. The van der Waals surface area contributed by atoms with Crippen molar-refractivity contribution in [1.29, 1.82) is 0 Å². The topological polar surface area (TPSA) is 62.4 Å². The molecule has 4 nitrogen and oxygen atoms in total. The number of aliphatic hydroxyl groups excluding tert-OH is 1. The van der Waals surface area contributed by atoms with E-state index in [1.54, 1.807) is 11.9 Å². The Morgan fingerprint density at radius 3 is 2.72 bits per heavy atom. The number of nitrogen functional groups attached to an aromatic ring is 1. The molecule has 1 aromatic heterocycles. The highest BCUT2D eigenvalue weighted by molar-refractivity contribution is 7.97. The molecule has 0 unspecified atom stereocenters. The summed E-state index contributed by atoms with van der Waals surface area (Å²) in [6.45, 7) is 4.40. The molecule has 1 aliphatic heterocycles. The van der Waals surface area contributed by atoms with Crippen LogP contribution in [0.4, 0.5) is 5.82 Å². The number of pyridine rings is 1. The Morgan fingerprint density at radius 1 is 1.10 bits per heavy atom. The lowest BCUT2D eigenvalue weighted by Crippen LogP contribution is -2.43. The average Bonchev–Trinajstić information content (AvgIpc) is 2.70.